The average Bonchev–Trinajstić information content (AvgIpc) is 2.41. The molecule has 2 rings (SSSR count). The van der Waals surface area contributed by atoms with Gasteiger partial charge in [0.2, 0.25) is 0 Å². The number of phenolic OH excluding ortho intramolecular Hbond substituents is 1. The van der Waals surface area contributed by atoms with Gasteiger partial charge in [-0.3, -0.25) is 0 Å². The number of aliphatic imine (C=N–C) groups is 1. The molecule has 0 aliphatic heterocycles. The zero-order valence-corrected chi connectivity index (χ0v) is 10.3. The average molecular weight is 283 g/mol. The van der Waals surface area contributed by atoms with Crippen LogP contribution in [0.25, 0.3) is 0 Å². The molecule has 1 N–H and O–H groups in total. The summed E-state index contributed by atoms with van der Waals surface area (Å²) in [6, 6.07) is 4.76. The van der Waals surface area contributed by atoms with Crippen LogP contribution in [0, 0.1) is 30.2 Å². The molecule has 20 heavy (non-hydrogen) atoms. The Labute approximate surface area is 112 Å². The summed E-state index contributed by atoms with van der Waals surface area (Å²) in [7, 11) is 0. The fraction of sp³-hybridized carbons (Fsp3) is 0.0714. The Hall–Kier alpha value is -2.37. The van der Waals surface area contributed by atoms with Crippen LogP contribution in [0.15, 0.2) is 29.3 Å². The summed E-state index contributed by atoms with van der Waals surface area (Å²) in [5.74, 6) is -6.39. The van der Waals surface area contributed by atoms with Crippen molar-refractivity contribution < 1.29 is 22.7 Å². The molecule has 0 fully saturated rings. The first kappa shape index (κ1) is 14.0. The predicted octanol–water partition coefficient (Wildman–Crippen LogP) is 4.01. The molecule has 0 bridgehead atoms. The lowest BCUT2D eigenvalue weighted by molar-refractivity contribution is 0.457. The first-order valence-electron chi connectivity index (χ1n) is 5.57. The number of hydrogen-bond donors (Lipinski definition) is 1. The third kappa shape index (κ3) is 2.49. The van der Waals surface area contributed by atoms with Gasteiger partial charge in [0.25, 0.3) is 0 Å². The molecule has 2 nitrogen and oxygen atoms in total. The lowest BCUT2D eigenvalue weighted by Gasteiger charge is -2.03. The van der Waals surface area contributed by atoms with Gasteiger partial charge >= 0.3 is 0 Å². The summed E-state index contributed by atoms with van der Waals surface area (Å²) >= 11 is 0. The number of halogens is 4. The SMILES string of the molecule is Cc1cccc(C=Nc2c(F)c(F)cc(F)c2F)c1O. The van der Waals surface area contributed by atoms with Gasteiger partial charge in [-0.2, -0.15) is 0 Å². The van der Waals surface area contributed by atoms with E-state index >= 15 is 0 Å². The van der Waals surface area contributed by atoms with Crippen LogP contribution in [0.5, 0.6) is 5.75 Å². The second kappa shape index (κ2) is 5.32. The number of aryl methyl sites for hydroxylation is 1. The van der Waals surface area contributed by atoms with Crippen LogP contribution in [0.3, 0.4) is 0 Å². The van der Waals surface area contributed by atoms with Gasteiger partial charge in [0.1, 0.15) is 11.4 Å². The van der Waals surface area contributed by atoms with Gasteiger partial charge in [-0.25, -0.2) is 22.6 Å². The molecule has 0 aliphatic rings. The van der Waals surface area contributed by atoms with Gasteiger partial charge in [-0.15, -0.1) is 0 Å². The molecule has 0 heterocycles. The molecule has 2 aromatic carbocycles. The Kier molecular flexibility index (Phi) is 3.74. The van der Waals surface area contributed by atoms with Crippen molar-refractivity contribution >= 4 is 11.9 Å². The number of aromatic hydroxyl groups is 1. The largest absolute Gasteiger partial charge is 0.507 e. The van der Waals surface area contributed by atoms with E-state index in [4.69, 9.17) is 0 Å². The molecule has 0 aromatic heterocycles. The van der Waals surface area contributed by atoms with Crippen LogP contribution in [0.2, 0.25) is 0 Å². The first-order chi connectivity index (χ1) is 9.41. The zero-order valence-electron chi connectivity index (χ0n) is 10.3. The smallest absolute Gasteiger partial charge is 0.187 e. The third-order valence-electron chi connectivity index (χ3n) is 2.69. The normalized spacial score (nSPS) is 11.2. The van der Waals surface area contributed by atoms with Crippen molar-refractivity contribution in [3.63, 3.8) is 0 Å². The fourth-order valence-electron chi connectivity index (χ4n) is 1.59. The summed E-state index contributed by atoms with van der Waals surface area (Å²) in [5.41, 5.74) is -0.378. The van der Waals surface area contributed by atoms with Crippen molar-refractivity contribution in [3.05, 3.63) is 58.7 Å². The number of para-hydroxylation sites is 1. The van der Waals surface area contributed by atoms with Crippen molar-refractivity contribution in [1.29, 1.82) is 0 Å². The molecule has 0 unspecified atom stereocenters. The second-order valence-corrected chi connectivity index (χ2v) is 4.09. The lowest BCUT2D eigenvalue weighted by Crippen LogP contribution is -1.94. The molecular formula is C14H9F4NO. The van der Waals surface area contributed by atoms with Gasteiger partial charge in [-0.1, -0.05) is 12.1 Å². The minimum Gasteiger partial charge on any atom is -0.507 e. The van der Waals surface area contributed by atoms with E-state index in [9.17, 15) is 22.7 Å². The summed E-state index contributed by atoms with van der Waals surface area (Å²) in [6.45, 7) is 1.62. The molecule has 0 spiro atoms. The molecule has 0 atom stereocenters. The van der Waals surface area contributed by atoms with Crippen LogP contribution in [0.4, 0.5) is 23.2 Å². The van der Waals surface area contributed by atoms with Crippen molar-refractivity contribution in [3.8, 4) is 5.75 Å². The summed E-state index contributed by atoms with van der Waals surface area (Å²) in [4.78, 5) is 3.38. The maximum atomic E-state index is 13.4. The van der Waals surface area contributed by atoms with Crippen molar-refractivity contribution in [2.45, 2.75) is 6.92 Å². The van der Waals surface area contributed by atoms with Gasteiger partial charge in [0.05, 0.1) is 0 Å². The van der Waals surface area contributed by atoms with Gasteiger partial charge in [0.15, 0.2) is 23.3 Å². The Morgan fingerprint density at radius 3 is 2.25 bits per heavy atom. The van der Waals surface area contributed by atoms with E-state index in [0.717, 1.165) is 6.21 Å². The quantitative estimate of drug-likeness (QED) is 0.504. The first-order valence-corrected chi connectivity index (χ1v) is 5.57. The van der Waals surface area contributed by atoms with E-state index in [1.807, 2.05) is 0 Å². The van der Waals surface area contributed by atoms with E-state index in [1.165, 1.54) is 6.07 Å². The highest BCUT2D eigenvalue weighted by atomic mass is 19.2. The van der Waals surface area contributed by atoms with Crippen LogP contribution in [-0.2, 0) is 0 Å². The van der Waals surface area contributed by atoms with Gasteiger partial charge < -0.3 is 5.11 Å². The number of hydrogen-bond acceptors (Lipinski definition) is 2. The number of nitrogens with zero attached hydrogens (tertiary/aromatic N) is 1. The topological polar surface area (TPSA) is 32.6 Å². The standard InChI is InChI=1S/C14H9F4NO/c1-7-3-2-4-8(14(7)20)6-19-13-11(17)9(15)5-10(16)12(13)18/h2-6,20H,1H3. The second-order valence-electron chi connectivity index (χ2n) is 4.09. The number of rotatable bonds is 2. The van der Waals surface area contributed by atoms with E-state index in [1.54, 1.807) is 19.1 Å². The zero-order chi connectivity index (χ0) is 14.9. The number of phenols is 1. The number of benzene rings is 2. The molecular weight excluding hydrogens is 274 g/mol. The minimum atomic E-state index is -1.59. The Morgan fingerprint density at radius 1 is 1.05 bits per heavy atom. The van der Waals surface area contributed by atoms with Gasteiger partial charge in [-0.05, 0) is 18.6 Å². The highest BCUT2D eigenvalue weighted by Gasteiger charge is 2.18. The van der Waals surface area contributed by atoms with Crippen molar-refractivity contribution in [1.82, 2.24) is 0 Å². The van der Waals surface area contributed by atoms with Crippen LogP contribution >= 0.6 is 0 Å². The van der Waals surface area contributed by atoms with E-state index in [0.29, 0.717) is 5.56 Å². The maximum Gasteiger partial charge on any atom is 0.187 e. The minimum absolute atomic E-state index is 0.105. The molecule has 0 amide bonds. The molecule has 0 aliphatic carbocycles. The predicted molar refractivity (Wildman–Crippen MR) is 66.4 cm³/mol. The maximum absolute atomic E-state index is 13.4. The molecule has 2 aromatic rings. The van der Waals surface area contributed by atoms with Crippen molar-refractivity contribution in [2.24, 2.45) is 4.99 Å². The highest BCUT2D eigenvalue weighted by Crippen LogP contribution is 2.27. The highest BCUT2D eigenvalue weighted by molar-refractivity contribution is 5.86. The molecule has 0 saturated heterocycles. The fourth-order valence-corrected chi connectivity index (χ4v) is 1.59. The summed E-state index contributed by atoms with van der Waals surface area (Å²) in [5, 5.41) is 9.70. The molecule has 0 radical (unpaired) electrons. The van der Waals surface area contributed by atoms with Crippen LogP contribution in [0.1, 0.15) is 11.1 Å². The monoisotopic (exact) mass is 283 g/mol. The van der Waals surface area contributed by atoms with Crippen LogP contribution in [-0.4, -0.2) is 11.3 Å². The lowest BCUT2D eigenvalue weighted by atomic mass is 10.1. The van der Waals surface area contributed by atoms with Crippen LogP contribution < -0.4 is 0 Å². The van der Waals surface area contributed by atoms with E-state index < -0.39 is 29.0 Å². The summed E-state index contributed by atoms with van der Waals surface area (Å²) in [6.07, 6.45) is 0.933. The van der Waals surface area contributed by atoms with E-state index in [2.05, 4.69) is 4.99 Å². The Morgan fingerprint density at radius 2 is 1.65 bits per heavy atom. The third-order valence-corrected chi connectivity index (χ3v) is 2.69. The van der Waals surface area contributed by atoms with Gasteiger partial charge in [0, 0.05) is 17.8 Å². The molecule has 0 saturated carbocycles. The Balaban J connectivity index is 2.49. The summed E-state index contributed by atoms with van der Waals surface area (Å²) < 4.78 is 52.7. The molecule has 104 valence electrons. The van der Waals surface area contributed by atoms with Crippen molar-refractivity contribution in [2.75, 3.05) is 0 Å². The molecule has 6 heteroatoms. The Bertz CT molecular complexity index is 672. The van der Waals surface area contributed by atoms with E-state index in [-0.39, 0.29) is 17.4 Å².